The Hall–Kier alpha value is 0.170. The highest BCUT2D eigenvalue weighted by atomic mass is 32.1. The zero-order valence-electron chi connectivity index (χ0n) is 6.36. The SMILES string of the molecule is O=C(O)CCC[C@H](S)CCS. The van der Waals surface area contributed by atoms with E-state index in [2.05, 4.69) is 25.3 Å². The lowest BCUT2D eigenvalue weighted by atomic mass is 10.1. The maximum atomic E-state index is 10.1. The van der Waals surface area contributed by atoms with Crippen LogP contribution in [0.3, 0.4) is 0 Å². The van der Waals surface area contributed by atoms with Crippen LogP contribution < -0.4 is 0 Å². The van der Waals surface area contributed by atoms with E-state index in [-0.39, 0.29) is 6.42 Å². The molecule has 0 heterocycles. The van der Waals surface area contributed by atoms with Gasteiger partial charge in [-0.3, -0.25) is 4.79 Å². The number of hydrogen-bond donors (Lipinski definition) is 3. The molecule has 0 bridgehead atoms. The van der Waals surface area contributed by atoms with Crippen LogP contribution in [0.15, 0.2) is 0 Å². The molecule has 0 aliphatic heterocycles. The third kappa shape index (κ3) is 8.07. The maximum absolute atomic E-state index is 10.1. The number of thiol groups is 2. The van der Waals surface area contributed by atoms with Crippen LogP contribution in [0.1, 0.15) is 25.7 Å². The van der Waals surface area contributed by atoms with Gasteiger partial charge in [0.05, 0.1) is 0 Å². The predicted molar refractivity (Wildman–Crippen MR) is 52.7 cm³/mol. The van der Waals surface area contributed by atoms with Gasteiger partial charge in [-0.15, -0.1) is 0 Å². The second-order valence-corrected chi connectivity index (χ2v) is 3.63. The molecule has 0 aromatic rings. The lowest BCUT2D eigenvalue weighted by Crippen LogP contribution is -2.02. The molecule has 0 amide bonds. The molecule has 1 atom stereocenters. The van der Waals surface area contributed by atoms with Crippen molar-refractivity contribution in [1.82, 2.24) is 0 Å². The van der Waals surface area contributed by atoms with E-state index in [0.717, 1.165) is 25.0 Å². The summed E-state index contributed by atoms with van der Waals surface area (Å²) >= 11 is 8.33. The molecule has 66 valence electrons. The summed E-state index contributed by atoms with van der Waals surface area (Å²) in [5.74, 6) is 0.0951. The lowest BCUT2D eigenvalue weighted by molar-refractivity contribution is -0.137. The number of carboxylic acid groups (broad SMARTS) is 1. The second kappa shape index (κ2) is 6.85. The highest BCUT2D eigenvalue weighted by Gasteiger charge is 2.03. The van der Waals surface area contributed by atoms with Crippen LogP contribution in [0.2, 0.25) is 0 Å². The molecule has 0 saturated carbocycles. The van der Waals surface area contributed by atoms with E-state index in [1.165, 1.54) is 0 Å². The van der Waals surface area contributed by atoms with E-state index in [4.69, 9.17) is 5.11 Å². The molecule has 1 N–H and O–H groups in total. The molecule has 0 aliphatic rings. The molecular weight excluding hydrogens is 180 g/mol. The molecule has 0 unspecified atom stereocenters. The molecule has 0 rings (SSSR count). The van der Waals surface area contributed by atoms with Crippen LogP contribution in [-0.4, -0.2) is 22.1 Å². The normalized spacial score (nSPS) is 12.9. The quantitative estimate of drug-likeness (QED) is 0.565. The van der Waals surface area contributed by atoms with Crippen LogP contribution in [0.4, 0.5) is 0 Å². The summed E-state index contributed by atoms with van der Waals surface area (Å²) in [6, 6.07) is 0. The van der Waals surface area contributed by atoms with Crippen LogP contribution in [-0.2, 0) is 4.79 Å². The Morgan fingerprint density at radius 2 is 2.09 bits per heavy atom. The fraction of sp³-hybridized carbons (Fsp3) is 0.857. The predicted octanol–water partition coefficient (Wildman–Crippen LogP) is 1.86. The zero-order valence-corrected chi connectivity index (χ0v) is 8.15. The average Bonchev–Trinajstić information content (AvgIpc) is 1.87. The summed E-state index contributed by atoms with van der Waals surface area (Å²) in [5, 5.41) is 8.63. The summed E-state index contributed by atoms with van der Waals surface area (Å²) in [5.41, 5.74) is 0. The summed E-state index contributed by atoms with van der Waals surface area (Å²) in [6.07, 6.45) is 2.79. The number of aliphatic carboxylic acids is 1. The van der Waals surface area contributed by atoms with Gasteiger partial charge in [0.15, 0.2) is 0 Å². The zero-order chi connectivity index (χ0) is 8.69. The number of carbonyl (C=O) groups is 1. The first-order valence-corrected chi connectivity index (χ1v) is 4.82. The van der Waals surface area contributed by atoms with Crippen molar-refractivity contribution in [2.24, 2.45) is 0 Å². The number of hydrogen-bond acceptors (Lipinski definition) is 3. The molecule has 0 saturated heterocycles. The second-order valence-electron chi connectivity index (χ2n) is 2.45. The fourth-order valence-corrected chi connectivity index (χ4v) is 1.61. The van der Waals surface area contributed by atoms with Crippen LogP contribution in [0, 0.1) is 0 Å². The van der Waals surface area contributed by atoms with Crippen molar-refractivity contribution in [1.29, 1.82) is 0 Å². The van der Waals surface area contributed by atoms with E-state index in [0.29, 0.717) is 5.25 Å². The first-order chi connectivity index (χ1) is 5.16. The molecule has 4 heteroatoms. The monoisotopic (exact) mass is 194 g/mol. The van der Waals surface area contributed by atoms with Crippen molar-refractivity contribution in [2.75, 3.05) is 5.75 Å². The van der Waals surface area contributed by atoms with Gasteiger partial charge in [0.25, 0.3) is 0 Å². The largest absolute Gasteiger partial charge is 0.481 e. The smallest absolute Gasteiger partial charge is 0.303 e. The first kappa shape index (κ1) is 11.2. The minimum atomic E-state index is -0.726. The standard InChI is InChI=1S/C7H14O2S2/c8-7(9)3-1-2-6(11)4-5-10/h6,10-11H,1-5H2,(H,8,9)/t6-/m0/s1. The molecule has 0 fully saturated rings. The van der Waals surface area contributed by atoms with Gasteiger partial charge in [-0.25, -0.2) is 0 Å². The van der Waals surface area contributed by atoms with Gasteiger partial charge in [0.1, 0.15) is 0 Å². The van der Waals surface area contributed by atoms with Crippen molar-refractivity contribution in [3.8, 4) is 0 Å². The Morgan fingerprint density at radius 1 is 1.45 bits per heavy atom. The van der Waals surface area contributed by atoms with E-state index >= 15 is 0 Å². The summed E-state index contributed by atoms with van der Waals surface area (Å²) in [7, 11) is 0. The van der Waals surface area contributed by atoms with Crippen LogP contribution in [0.25, 0.3) is 0 Å². The topological polar surface area (TPSA) is 37.3 Å². The third-order valence-electron chi connectivity index (χ3n) is 1.39. The summed E-state index contributed by atoms with van der Waals surface area (Å²) < 4.78 is 0. The van der Waals surface area contributed by atoms with Crippen molar-refractivity contribution < 1.29 is 9.90 Å². The minimum absolute atomic E-state index is 0.254. The van der Waals surface area contributed by atoms with Gasteiger partial charge < -0.3 is 5.11 Å². The highest BCUT2D eigenvalue weighted by Crippen LogP contribution is 2.11. The van der Waals surface area contributed by atoms with E-state index in [9.17, 15) is 4.79 Å². The van der Waals surface area contributed by atoms with Gasteiger partial charge in [-0.1, -0.05) is 0 Å². The highest BCUT2D eigenvalue weighted by molar-refractivity contribution is 7.81. The van der Waals surface area contributed by atoms with Gasteiger partial charge >= 0.3 is 5.97 Å². The Bertz CT molecular complexity index is 117. The summed E-state index contributed by atoms with van der Waals surface area (Å²) in [4.78, 5) is 10.1. The van der Waals surface area contributed by atoms with E-state index in [1.54, 1.807) is 0 Å². The number of rotatable bonds is 6. The van der Waals surface area contributed by atoms with E-state index < -0.39 is 5.97 Å². The van der Waals surface area contributed by atoms with Crippen LogP contribution >= 0.6 is 25.3 Å². The van der Waals surface area contributed by atoms with Gasteiger partial charge in [0.2, 0.25) is 0 Å². The van der Waals surface area contributed by atoms with Gasteiger partial charge in [0, 0.05) is 11.7 Å². The third-order valence-corrected chi connectivity index (χ3v) is 2.16. The average molecular weight is 194 g/mol. The first-order valence-electron chi connectivity index (χ1n) is 3.67. The molecule has 0 aromatic heterocycles. The molecule has 0 aliphatic carbocycles. The molecule has 0 aromatic carbocycles. The van der Waals surface area contributed by atoms with Gasteiger partial charge in [-0.05, 0) is 25.0 Å². The molecule has 11 heavy (non-hydrogen) atoms. The maximum Gasteiger partial charge on any atom is 0.303 e. The Kier molecular flexibility index (Phi) is 6.96. The Labute approximate surface area is 78.2 Å². The molecule has 0 spiro atoms. The fourth-order valence-electron chi connectivity index (χ4n) is 0.782. The Morgan fingerprint density at radius 3 is 2.55 bits per heavy atom. The van der Waals surface area contributed by atoms with Crippen molar-refractivity contribution in [3.63, 3.8) is 0 Å². The molecule has 0 radical (unpaired) electrons. The van der Waals surface area contributed by atoms with Crippen molar-refractivity contribution in [3.05, 3.63) is 0 Å². The molecular formula is C7H14O2S2. The van der Waals surface area contributed by atoms with E-state index in [1.807, 2.05) is 0 Å². The van der Waals surface area contributed by atoms with Crippen LogP contribution in [0.5, 0.6) is 0 Å². The van der Waals surface area contributed by atoms with Crippen molar-refractivity contribution in [2.45, 2.75) is 30.9 Å². The summed E-state index contributed by atoms with van der Waals surface area (Å²) in [6.45, 7) is 0. The van der Waals surface area contributed by atoms with Gasteiger partial charge in [-0.2, -0.15) is 25.3 Å². The Balaban J connectivity index is 3.16. The molecule has 2 nitrogen and oxygen atoms in total. The minimum Gasteiger partial charge on any atom is -0.481 e. The van der Waals surface area contributed by atoms with Crippen molar-refractivity contribution >= 4 is 31.2 Å². The lowest BCUT2D eigenvalue weighted by Gasteiger charge is -2.06. The number of carboxylic acids is 1.